The van der Waals surface area contributed by atoms with E-state index < -0.39 is 0 Å². The average molecular weight is 440 g/mol. The van der Waals surface area contributed by atoms with Crippen LogP contribution in [0.15, 0.2) is 23.5 Å². The third-order valence-corrected chi connectivity index (χ3v) is 7.93. The zero-order valence-electron chi connectivity index (χ0n) is 18.4. The third kappa shape index (κ3) is 3.60. The van der Waals surface area contributed by atoms with E-state index in [1.54, 1.807) is 23.9 Å². The van der Waals surface area contributed by atoms with Gasteiger partial charge in [0.2, 0.25) is 0 Å². The van der Waals surface area contributed by atoms with Gasteiger partial charge in [0.15, 0.2) is 0 Å². The van der Waals surface area contributed by atoms with Crippen LogP contribution in [0, 0.1) is 5.92 Å². The van der Waals surface area contributed by atoms with Crippen molar-refractivity contribution in [1.29, 1.82) is 0 Å². The molecule has 0 unspecified atom stereocenters. The Balaban J connectivity index is 1.34. The molecular weight excluding hydrogens is 410 g/mol. The summed E-state index contributed by atoms with van der Waals surface area (Å²) in [5.74, 6) is 0.699. The van der Waals surface area contributed by atoms with Crippen molar-refractivity contribution in [3.63, 3.8) is 0 Å². The average Bonchev–Trinajstić information content (AvgIpc) is 3.39. The van der Waals surface area contributed by atoms with E-state index in [1.807, 2.05) is 34.2 Å². The summed E-state index contributed by atoms with van der Waals surface area (Å²) in [4.78, 5) is 35.0. The lowest BCUT2D eigenvalue weighted by molar-refractivity contribution is 0.0693. The molecule has 1 aliphatic heterocycles. The van der Waals surface area contributed by atoms with E-state index in [4.69, 9.17) is 0 Å². The highest BCUT2D eigenvalue weighted by Gasteiger charge is 2.28. The predicted octanol–water partition coefficient (Wildman–Crippen LogP) is 3.84. The Morgan fingerprint density at radius 1 is 1.23 bits per heavy atom. The van der Waals surface area contributed by atoms with Gasteiger partial charge in [0.1, 0.15) is 4.83 Å². The highest BCUT2D eigenvalue weighted by molar-refractivity contribution is 7.18. The molecule has 1 saturated heterocycles. The number of hydrogen-bond acceptors (Lipinski definition) is 5. The first-order valence-corrected chi connectivity index (χ1v) is 12.1. The summed E-state index contributed by atoms with van der Waals surface area (Å²) in [7, 11) is 0. The smallest absolute Gasteiger partial charge is 0.262 e. The molecule has 1 amide bonds. The fourth-order valence-electron chi connectivity index (χ4n) is 4.86. The maximum Gasteiger partial charge on any atom is 0.262 e. The SMILES string of the molecule is CC(C)n1cc(C(=O)N2CCC(n3cnc4sc5c(c4c3=O)CC[C@@H](C)C5)CC2)cn1. The predicted molar refractivity (Wildman–Crippen MR) is 122 cm³/mol. The first-order valence-electron chi connectivity index (χ1n) is 11.3. The molecule has 1 aliphatic carbocycles. The maximum absolute atomic E-state index is 13.4. The van der Waals surface area contributed by atoms with Crippen LogP contribution in [0.4, 0.5) is 0 Å². The minimum Gasteiger partial charge on any atom is -0.338 e. The van der Waals surface area contributed by atoms with E-state index in [9.17, 15) is 9.59 Å². The second-order valence-corrected chi connectivity index (χ2v) is 10.4. The summed E-state index contributed by atoms with van der Waals surface area (Å²) in [6.07, 6.45) is 9.91. The number of likely N-dealkylation sites (tertiary alicyclic amines) is 1. The number of rotatable bonds is 3. The molecule has 8 heteroatoms. The molecule has 0 spiro atoms. The standard InChI is InChI=1S/C23H29N5O2S/c1-14(2)28-12-16(11-25-28)22(29)26-8-6-17(7-9-26)27-13-24-21-20(23(27)30)18-5-4-15(3)10-19(18)31-21/h11-15,17H,4-10H2,1-3H3/t15-/m1/s1. The lowest BCUT2D eigenvalue weighted by Gasteiger charge is -2.32. The molecular formula is C23H29N5O2S. The van der Waals surface area contributed by atoms with Crippen LogP contribution in [-0.2, 0) is 12.8 Å². The molecule has 0 bridgehead atoms. The van der Waals surface area contributed by atoms with Gasteiger partial charge in [-0.2, -0.15) is 5.10 Å². The maximum atomic E-state index is 13.4. The Hall–Kier alpha value is -2.48. The molecule has 0 N–H and O–H groups in total. The van der Waals surface area contributed by atoms with Gasteiger partial charge in [-0.15, -0.1) is 11.3 Å². The van der Waals surface area contributed by atoms with Crippen LogP contribution in [0.25, 0.3) is 10.2 Å². The van der Waals surface area contributed by atoms with E-state index >= 15 is 0 Å². The van der Waals surface area contributed by atoms with Crippen molar-refractivity contribution in [2.45, 2.75) is 65.0 Å². The van der Waals surface area contributed by atoms with Gasteiger partial charge in [0.25, 0.3) is 11.5 Å². The molecule has 4 heterocycles. The van der Waals surface area contributed by atoms with Crippen LogP contribution in [0.1, 0.15) is 72.9 Å². The number of aryl methyl sites for hydroxylation is 1. The van der Waals surface area contributed by atoms with Gasteiger partial charge in [0, 0.05) is 36.2 Å². The van der Waals surface area contributed by atoms with Crippen molar-refractivity contribution in [1.82, 2.24) is 24.2 Å². The summed E-state index contributed by atoms with van der Waals surface area (Å²) in [6.45, 7) is 7.64. The lowest BCUT2D eigenvalue weighted by atomic mass is 9.89. The summed E-state index contributed by atoms with van der Waals surface area (Å²) in [6, 6.07) is 0.317. The Labute approximate surface area is 185 Å². The van der Waals surface area contributed by atoms with Crippen molar-refractivity contribution in [2.75, 3.05) is 13.1 Å². The fourth-order valence-corrected chi connectivity index (χ4v) is 6.21. The number of carbonyl (C=O) groups excluding carboxylic acids is 1. The van der Waals surface area contributed by atoms with E-state index in [0.717, 1.165) is 42.3 Å². The lowest BCUT2D eigenvalue weighted by Crippen LogP contribution is -2.40. The summed E-state index contributed by atoms with van der Waals surface area (Å²) in [5, 5.41) is 5.13. The summed E-state index contributed by atoms with van der Waals surface area (Å²) < 4.78 is 3.63. The largest absolute Gasteiger partial charge is 0.338 e. The molecule has 0 radical (unpaired) electrons. The Morgan fingerprint density at radius 2 is 2.00 bits per heavy atom. The summed E-state index contributed by atoms with van der Waals surface area (Å²) in [5.41, 5.74) is 1.96. The molecule has 7 nitrogen and oxygen atoms in total. The number of piperidine rings is 1. The molecule has 1 atom stereocenters. The van der Waals surface area contributed by atoms with Crippen LogP contribution in [-0.4, -0.2) is 43.2 Å². The number of nitrogens with zero attached hydrogens (tertiary/aromatic N) is 5. The van der Waals surface area contributed by atoms with E-state index in [-0.39, 0.29) is 23.6 Å². The normalized spacial score (nSPS) is 19.9. The third-order valence-electron chi connectivity index (χ3n) is 6.76. The first-order chi connectivity index (χ1) is 14.9. The number of carbonyl (C=O) groups is 1. The molecule has 0 saturated carbocycles. The quantitative estimate of drug-likeness (QED) is 0.622. The Kier molecular flexibility index (Phi) is 5.20. The molecule has 3 aromatic rings. The minimum atomic E-state index is 0.0206. The van der Waals surface area contributed by atoms with Crippen LogP contribution >= 0.6 is 11.3 Å². The second kappa shape index (κ2) is 7.89. The number of fused-ring (bicyclic) bond motifs is 3. The number of thiophene rings is 1. The van der Waals surface area contributed by atoms with Gasteiger partial charge in [0.05, 0.1) is 23.5 Å². The topological polar surface area (TPSA) is 73.0 Å². The zero-order chi connectivity index (χ0) is 21.7. The Morgan fingerprint density at radius 3 is 2.71 bits per heavy atom. The molecule has 3 aromatic heterocycles. The van der Waals surface area contributed by atoms with E-state index in [1.165, 1.54) is 10.4 Å². The van der Waals surface area contributed by atoms with Crippen molar-refractivity contribution < 1.29 is 4.79 Å². The van der Waals surface area contributed by atoms with Gasteiger partial charge in [-0.3, -0.25) is 18.8 Å². The van der Waals surface area contributed by atoms with Gasteiger partial charge in [-0.05, 0) is 57.4 Å². The Bertz CT molecular complexity index is 1180. The van der Waals surface area contributed by atoms with Crippen molar-refractivity contribution in [2.24, 2.45) is 5.92 Å². The molecule has 0 aromatic carbocycles. The zero-order valence-corrected chi connectivity index (χ0v) is 19.2. The van der Waals surface area contributed by atoms with Crippen molar-refractivity contribution in [3.05, 3.63) is 45.1 Å². The molecule has 164 valence electrons. The van der Waals surface area contributed by atoms with Gasteiger partial charge in [-0.25, -0.2) is 4.98 Å². The van der Waals surface area contributed by atoms with Gasteiger partial charge in [-0.1, -0.05) is 6.92 Å². The van der Waals surface area contributed by atoms with Crippen LogP contribution in [0.2, 0.25) is 0 Å². The highest BCUT2D eigenvalue weighted by atomic mass is 32.1. The minimum absolute atomic E-state index is 0.0206. The number of amides is 1. The highest BCUT2D eigenvalue weighted by Crippen LogP contribution is 2.36. The van der Waals surface area contributed by atoms with Gasteiger partial charge < -0.3 is 4.90 Å². The van der Waals surface area contributed by atoms with Gasteiger partial charge >= 0.3 is 0 Å². The summed E-state index contributed by atoms with van der Waals surface area (Å²) >= 11 is 1.69. The monoisotopic (exact) mass is 439 g/mol. The first kappa shape index (κ1) is 20.4. The van der Waals surface area contributed by atoms with Crippen LogP contribution in [0.5, 0.6) is 0 Å². The van der Waals surface area contributed by atoms with Crippen molar-refractivity contribution >= 4 is 27.5 Å². The van der Waals surface area contributed by atoms with E-state index in [2.05, 4.69) is 17.0 Å². The fraction of sp³-hybridized carbons (Fsp3) is 0.565. The number of aromatic nitrogens is 4. The molecule has 31 heavy (non-hydrogen) atoms. The molecule has 1 fully saturated rings. The van der Waals surface area contributed by atoms with Crippen molar-refractivity contribution in [3.8, 4) is 0 Å². The van der Waals surface area contributed by atoms with E-state index in [0.29, 0.717) is 24.6 Å². The van der Waals surface area contributed by atoms with Crippen LogP contribution in [0.3, 0.4) is 0 Å². The second-order valence-electron chi connectivity index (χ2n) is 9.32. The molecule has 2 aliphatic rings. The molecule has 5 rings (SSSR count). The number of hydrogen-bond donors (Lipinski definition) is 0. The van der Waals surface area contributed by atoms with Crippen LogP contribution < -0.4 is 5.56 Å².